The van der Waals surface area contributed by atoms with Crippen LogP contribution in [0, 0.1) is 0 Å². The third-order valence-corrected chi connectivity index (χ3v) is 3.83. The summed E-state index contributed by atoms with van der Waals surface area (Å²) in [4.78, 5) is 12.2. The lowest BCUT2D eigenvalue weighted by atomic mass is 10.2. The van der Waals surface area contributed by atoms with Crippen molar-refractivity contribution in [2.75, 3.05) is 5.32 Å². The van der Waals surface area contributed by atoms with Crippen molar-refractivity contribution in [2.24, 2.45) is 5.73 Å². The van der Waals surface area contributed by atoms with E-state index in [0.29, 0.717) is 11.0 Å². The molecule has 1 unspecified atom stereocenters. The van der Waals surface area contributed by atoms with Crippen molar-refractivity contribution in [1.82, 2.24) is 5.32 Å². The molecule has 1 atom stereocenters. The zero-order valence-corrected chi connectivity index (χ0v) is 13.0. The van der Waals surface area contributed by atoms with Gasteiger partial charge in [0.2, 0.25) is 5.91 Å². The Kier molecular flexibility index (Phi) is 4.42. The SMILES string of the molecule is CC(Nc1ccc(C(N)=S)cc1Br)C(=O)NC1CC1. The van der Waals surface area contributed by atoms with Crippen LogP contribution in [0.4, 0.5) is 5.69 Å². The predicted octanol–water partition coefficient (Wildman–Crippen LogP) is 2.16. The van der Waals surface area contributed by atoms with E-state index in [-0.39, 0.29) is 11.9 Å². The maximum atomic E-state index is 11.9. The number of benzene rings is 1. The number of rotatable bonds is 5. The third-order valence-electron chi connectivity index (χ3n) is 2.94. The molecular weight excluding hydrogens is 326 g/mol. The molecule has 1 fully saturated rings. The molecule has 1 aromatic carbocycles. The Hall–Kier alpha value is -1.14. The number of anilines is 1. The highest BCUT2D eigenvalue weighted by atomic mass is 79.9. The smallest absolute Gasteiger partial charge is 0.242 e. The second kappa shape index (κ2) is 5.88. The van der Waals surface area contributed by atoms with Crippen LogP contribution in [0.2, 0.25) is 0 Å². The third kappa shape index (κ3) is 3.91. The Bertz CT molecular complexity index is 517. The van der Waals surface area contributed by atoms with Crippen molar-refractivity contribution >= 4 is 44.7 Å². The highest BCUT2D eigenvalue weighted by molar-refractivity contribution is 9.10. The summed E-state index contributed by atoms with van der Waals surface area (Å²) in [6, 6.07) is 5.63. The highest BCUT2D eigenvalue weighted by Crippen LogP contribution is 2.25. The van der Waals surface area contributed by atoms with E-state index >= 15 is 0 Å². The summed E-state index contributed by atoms with van der Waals surface area (Å²) in [7, 11) is 0. The standard InChI is InChI=1S/C13H16BrN3OS/c1-7(13(18)17-9-3-4-9)16-11-5-2-8(12(15)19)6-10(11)14/h2,5-7,9,16H,3-4H2,1H3,(H2,15,19)(H,17,18). The van der Waals surface area contributed by atoms with Gasteiger partial charge < -0.3 is 16.4 Å². The molecular formula is C13H16BrN3OS. The Morgan fingerprint density at radius 2 is 2.21 bits per heavy atom. The number of hydrogen-bond acceptors (Lipinski definition) is 3. The molecule has 0 aromatic heterocycles. The molecule has 1 aromatic rings. The van der Waals surface area contributed by atoms with Gasteiger partial charge in [0, 0.05) is 21.8 Å². The van der Waals surface area contributed by atoms with Crippen molar-refractivity contribution in [2.45, 2.75) is 31.8 Å². The maximum Gasteiger partial charge on any atom is 0.242 e. The zero-order chi connectivity index (χ0) is 14.0. The van der Waals surface area contributed by atoms with Gasteiger partial charge in [0.1, 0.15) is 11.0 Å². The average Bonchev–Trinajstić information content (AvgIpc) is 3.15. The van der Waals surface area contributed by atoms with Crippen molar-refractivity contribution < 1.29 is 4.79 Å². The molecule has 4 N–H and O–H groups in total. The summed E-state index contributed by atoms with van der Waals surface area (Å²) in [6.45, 7) is 1.84. The molecule has 0 spiro atoms. The minimum atomic E-state index is -0.285. The van der Waals surface area contributed by atoms with E-state index in [1.165, 1.54) is 0 Å². The molecule has 1 aliphatic carbocycles. The molecule has 2 rings (SSSR count). The molecule has 102 valence electrons. The van der Waals surface area contributed by atoms with E-state index in [2.05, 4.69) is 26.6 Å². The maximum absolute atomic E-state index is 11.9. The van der Waals surface area contributed by atoms with Crippen LogP contribution in [0.25, 0.3) is 0 Å². The van der Waals surface area contributed by atoms with Crippen molar-refractivity contribution in [1.29, 1.82) is 0 Å². The van der Waals surface area contributed by atoms with Crippen LogP contribution >= 0.6 is 28.1 Å². The van der Waals surface area contributed by atoms with Gasteiger partial charge >= 0.3 is 0 Å². The van der Waals surface area contributed by atoms with E-state index < -0.39 is 0 Å². The van der Waals surface area contributed by atoms with Gasteiger partial charge in [-0.05, 0) is 53.9 Å². The fourth-order valence-electron chi connectivity index (χ4n) is 1.64. The molecule has 0 aliphatic heterocycles. The number of thiocarbonyl (C=S) groups is 1. The van der Waals surface area contributed by atoms with Gasteiger partial charge in [-0.2, -0.15) is 0 Å². The Morgan fingerprint density at radius 3 is 2.74 bits per heavy atom. The van der Waals surface area contributed by atoms with Gasteiger partial charge in [-0.15, -0.1) is 0 Å². The Morgan fingerprint density at radius 1 is 1.53 bits per heavy atom. The molecule has 0 radical (unpaired) electrons. The van der Waals surface area contributed by atoms with Crippen LogP contribution in [0.1, 0.15) is 25.3 Å². The van der Waals surface area contributed by atoms with Gasteiger partial charge in [-0.25, -0.2) is 0 Å². The van der Waals surface area contributed by atoms with Gasteiger partial charge in [0.25, 0.3) is 0 Å². The van der Waals surface area contributed by atoms with Crippen molar-refractivity contribution in [3.8, 4) is 0 Å². The minimum Gasteiger partial charge on any atom is -0.389 e. The molecule has 1 aliphatic rings. The van der Waals surface area contributed by atoms with Gasteiger partial charge in [0.05, 0.1) is 0 Å². The molecule has 6 heteroatoms. The van der Waals surface area contributed by atoms with Crippen molar-refractivity contribution in [3.63, 3.8) is 0 Å². The van der Waals surface area contributed by atoms with Crippen molar-refractivity contribution in [3.05, 3.63) is 28.2 Å². The van der Waals surface area contributed by atoms with E-state index in [1.807, 2.05) is 25.1 Å². The topological polar surface area (TPSA) is 67.1 Å². The number of amides is 1. The highest BCUT2D eigenvalue weighted by Gasteiger charge is 2.25. The first-order chi connectivity index (χ1) is 8.97. The van der Waals surface area contributed by atoms with Crippen LogP contribution in [0.3, 0.4) is 0 Å². The lowest BCUT2D eigenvalue weighted by molar-refractivity contribution is -0.121. The summed E-state index contributed by atoms with van der Waals surface area (Å²) in [6.07, 6.45) is 2.18. The quantitative estimate of drug-likeness (QED) is 0.718. The number of halogens is 1. The molecule has 4 nitrogen and oxygen atoms in total. The van der Waals surface area contributed by atoms with E-state index in [0.717, 1.165) is 28.6 Å². The van der Waals surface area contributed by atoms with Gasteiger partial charge in [-0.3, -0.25) is 4.79 Å². The summed E-state index contributed by atoms with van der Waals surface area (Å²) in [5.74, 6) is 0.0211. The Balaban J connectivity index is 2.01. The molecule has 19 heavy (non-hydrogen) atoms. The van der Waals surface area contributed by atoms with Gasteiger partial charge in [0.15, 0.2) is 0 Å². The monoisotopic (exact) mass is 341 g/mol. The predicted molar refractivity (Wildman–Crippen MR) is 84.3 cm³/mol. The number of hydrogen-bond donors (Lipinski definition) is 3. The van der Waals surface area contributed by atoms with E-state index in [4.69, 9.17) is 18.0 Å². The summed E-state index contributed by atoms with van der Waals surface area (Å²) >= 11 is 8.37. The summed E-state index contributed by atoms with van der Waals surface area (Å²) in [5, 5.41) is 6.13. The van der Waals surface area contributed by atoms with Crippen LogP contribution in [-0.2, 0) is 4.79 Å². The number of nitrogens with two attached hydrogens (primary N) is 1. The van der Waals surface area contributed by atoms with Gasteiger partial charge in [-0.1, -0.05) is 12.2 Å². The molecule has 0 bridgehead atoms. The van der Waals surface area contributed by atoms with Crippen LogP contribution < -0.4 is 16.4 Å². The number of carbonyl (C=O) groups is 1. The molecule has 0 saturated heterocycles. The fraction of sp³-hybridized carbons (Fsp3) is 0.385. The number of nitrogens with one attached hydrogen (secondary N) is 2. The second-order valence-corrected chi connectivity index (χ2v) is 6.00. The first-order valence-corrected chi connectivity index (χ1v) is 7.34. The van der Waals surface area contributed by atoms with E-state index in [9.17, 15) is 4.79 Å². The van der Waals surface area contributed by atoms with E-state index in [1.54, 1.807) is 0 Å². The fourth-order valence-corrected chi connectivity index (χ4v) is 2.26. The largest absolute Gasteiger partial charge is 0.389 e. The zero-order valence-electron chi connectivity index (χ0n) is 10.6. The average molecular weight is 342 g/mol. The Labute approximate surface area is 126 Å². The summed E-state index contributed by atoms with van der Waals surface area (Å²) in [5.41, 5.74) is 7.21. The molecule has 0 heterocycles. The first-order valence-electron chi connectivity index (χ1n) is 6.13. The molecule has 1 amide bonds. The van der Waals surface area contributed by atoms with Crippen LogP contribution in [-0.4, -0.2) is 23.0 Å². The lowest BCUT2D eigenvalue weighted by Gasteiger charge is -2.16. The normalized spacial score (nSPS) is 15.7. The van der Waals surface area contributed by atoms with Crippen LogP contribution in [0.5, 0.6) is 0 Å². The summed E-state index contributed by atoms with van der Waals surface area (Å²) < 4.78 is 0.837. The first kappa shape index (κ1) is 14.3. The number of carbonyl (C=O) groups excluding carboxylic acids is 1. The minimum absolute atomic E-state index is 0.0211. The second-order valence-electron chi connectivity index (χ2n) is 4.71. The lowest BCUT2D eigenvalue weighted by Crippen LogP contribution is -2.38. The van der Waals surface area contributed by atoms with Crippen LogP contribution in [0.15, 0.2) is 22.7 Å². The molecule has 1 saturated carbocycles.